The van der Waals surface area contributed by atoms with Gasteiger partial charge in [0.05, 0.1) is 0 Å². The molecule has 0 atom stereocenters. The molecule has 0 spiro atoms. The zero-order chi connectivity index (χ0) is 24.3. The van der Waals surface area contributed by atoms with Gasteiger partial charge >= 0.3 is 0 Å². The Balaban J connectivity index is 1.98. The van der Waals surface area contributed by atoms with Gasteiger partial charge in [-0.25, -0.2) is 0 Å². The average Bonchev–Trinajstić information content (AvgIpc) is 2.75. The summed E-state index contributed by atoms with van der Waals surface area (Å²) in [5.41, 5.74) is 0.734. The molecule has 0 aliphatic heterocycles. The molecule has 2 N–H and O–H groups in total. The van der Waals surface area contributed by atoms with E-state index in [1.165, 1.54) is 75.3 Å². The highest BCUT2D eigenvalue weighted by atomic mass is 32.2. The minimum absolute atomic E-state index is 0.222. The fourth-order valence-electron chi connectivity index (χ4n) is 3.68. The zero-order valence-corrected chi connectivity index (χ0v) is 20.7. The lowest BCUT2D eigenvalue weighted by atomic mass is 10.0. The maximum Gasteiger partial charge on any atom is 0.298 e. The van der Waals surface area contributed by atoms with Crippen molar-refractivity contribution in [3.8, 4) is 11.5 Å². The molecule has 0 aromatic heterocycles. The highest BCUT2D eigenvalue weighted by molar-refractivity contribution is 7.86. The number of ether oxygens (including phenoxy) is 1. The maximum absolute atomic E-state index is 11.9. The number of rotatable bonds is 15. The van der Waals surface area contributed by atoms with Crippen molar-refractivity contribution in [2.45, 2.75) is 87.3 Å². The normalized spacial score (nSPS) is 12.1. The first-order chi connectivity index (χ1) is 15.6. The van der Waals surface area contributed by atoms with Gasteiger partial charge in [0.15, 0.2) is 0 Å². The summed E-state index contributed by atoms with van der Waals surface area (Å²) in [6.45, 7) is 2.21. The molecule has 0 fully saturated rings. The first kappa shape index (κ1) is 27.3. The third-order valence-electron chi connectivity index (χ3n) is 5.45. The van der Waals surface area contributed by atoms with Crippen LogP contribution < -0.4 is 4.74 Å². The van der Waals surface area contributed by atoms with Gasteiger partial charge in [0.1, 0.15) is 21.3 Å². The maximum atomic E-state index is 11.9. The quantitative estimate of drug-likeness (QED) is 0.214. The van der Waals surface area contributed by atoms with Crippen LogP contribution in [-0.2, 0) is 26.7 Å². The van der Waals surface area contributed by atoms with Crippen LogP contribution in [0.3, 0.4) is 0 Å². The third kappa shape index (κ3) is 9.44. The van der Waals surface area contributed by atoms with Crippen LogP contribution in [0, 0.1) is 0 Å². The summed E-state index contributed by atoms with van der Waals surface area (Å²) in [7, 11) is -9.19. The predicted molar refractivity (Wildman–Crippen MR) is 128 cm³/mol. The van der Waals surface area contributed by atoms with E-state index < -0.39 is 30.0 Å². The van der Waals surface area contributed by atoms with Gasteiger partial charge in [-0.1, -0.05) is 82.9 Å². The summed E-state index contributed by atoms with van der Waals surface area (Å²) in [4.78, 5) is -0.946. The Morgan fingerprint density at radius 3 is 1.76 bits per heavy atom. The first-order valence-electron chi connectivity index (χ1n) is 11.5. The average molecular weight is 499 g/mol. The van der Waals surface area contributed by atoms with Gasteiger partial charge in [-0.15, -0.1) is 0 Å². The number of benzene rings is 2. The summed E-state index contributed by atoms with van der Waals surface area (Å²) >= 11 is 0. The molecule has 2 aromatic carbocycles. The van der Waals surface area contributed by atoms with Gasteiger partial charge in [-0.05, 0) is 42.7 Å². The third-order valence-corrected chi connectivity index (χ3v) is 7.22. The van der Waals surface area contributed by atoms with Gasteiger partial charge in [0, 0.05) is 0 Å². The van der Waals surface area contributed by atoms with Crippen LogP contribution in [0.1, 0.15) is 76.7 Å². The standard InChI is InChI=1S/C24H34O7S2/c1-2-3-4-5-6-7-8-9-10-11-14-20-17-18-22(24(19-20)33(28,29)30)31-21-15-12-13-16-23(21)32(25,26)27/h12-13,15-19H,2-11,14H2,1H3,(H,25,26,27)(H,28,29,30). The van der Waals surface area contributed by atoms with Crippen molar-refractivity contribution in [2.24, 2.45) is 0 Å². The molecule has 0 amide bonds. The Morgan fingerprint density at radius 1 is 0.667 bits per heavy atom. The predicted octanol–water partition coefficient (Wildman–Crippen LogP) is 6.44. The van der Waals surface area contributed by atoms with E-state index in [2.05, 4.69) is 6.92 Å². The van der Waals surface area contributed by atoms with Gasteiger partial charge < -0.3 is 4.74 Å². The Morgan fingerprint density at radius 2 is 1.18 bits per heavy atom. The van der Waals surface area contributed by atoms with E-state index in [0.29, 0.717) is 6.42 Å². The highest BCUT2D eigenvalue weighted by Crippen LogP contribution is 2.33. The Hall–Kier alpha value is -1.94. The molecular formula is C24H34O7S2. The Labute approximate surface area is 197 Å². The first-order valence-corrected chi connectivity index (χ1v) is 14.4. The second-order valence-electron chi connectivity index (χ2n) is 8.21. The molecule has 0 saturated heterocycles. The van der Waals surface area contributed by atoms with Crippen LogP contribution in [0.5, 0.6) is 11.5 Å². The van der Waals surface area contributed by atoms with E-state index in [1.807, 2.05) is 0 Å². The van der Waals surface area contributed by atoms with Crippen molar-refractivity contribution in [1.82, 2.24) is 0 Å². The summed E-state index contributed by atoms with van der Waals surface area (Å²) in [5.74, 6) is -0.465. The minimum Gasteiger partial charge on any atom is -0.454 e. The van der Waals surface area contributed by atoms with Crippen LogP contribution in [0.15, 0.2) is 52.3 Å². The molecule has 0 aliphatic rings. The molecule has 0 saturated carbocycles. The lowest BCUT2D eigenvalue weighted by Gasteiger charge is -2.13. The van der Waals surface area contributed by atoms with Crippen LogP contribution >= 0.6 is 0 Å². The summed E-state index contributed by atoms with van der Waals surface area (Å²) in [6, 6.07) is 9.72. The molecule has 9 heteroatoms. The van der Waals surface area contributed by atoms with Crippen molar-refractivity contribution < 1.29 is 30.7 Å². The Kier molecular flexibility index (Phi) is 10.8. The van der Waals surface area contributed by atoms with Crippen molar-refractivity contribution >= 4 is 20.2 Å². The van der Waals surface area contributed by atoms with E-state index in [1.54, 1.807) is 6.07 Å². The molecule has 0 unspecified atom stereocenters. The van der Waals surface area contributed by atoms with Crippen molar-refractivity contribution in [3.63, 3.8) is 0 Å². The van der Waals surface area contributed by atoms with Crippen LogP contribution in [0.2, 0.25) is 0 Å². The number of unbranched alkanes of at least 4 members (excludes halogenated alkanes) is 9. The molecule has 0 heterocycles. The lowest BCUT2D eigenvalue weighted by Crippen LogP contribution is -2.05. The van der Waals surface area contributed by atoms with E-state index in [0.717, 1.165) is 30.9 Å². The number of aryl methyl sites for hydroxylation is 1. The molecule has 184 valence electrons. The molecular weight excluding hydrogens is 464 g/mol. The molecule has 0 bridgehead atoms. The van der Waals surface area contributed by atoms with E-state index >= 15 is 0 Å². The van der Waals surface area contributed by atoms with E-state index in [4.69, 9.17) is 4.74 Å². The molecule has 2 aromatic rings. The smallest absolute Gasteiger partial charge is 0.298 e. The Bertz CT molecular complexity index is 1090. The fourth-order valence-corrected chi connectivity index (χ4v) is 4.96. The van der Waals surface area contributed by atoms with Crippen LogP contribution in [-0.4, -0.2) is 25.9 Å². The summed E-state index contributed by atoms with van der Waals surface area (Å²) < 4.78 is 71.5. The molecule has 33 heavy (non-hydrogen) atoms. The second-order valence-corrected chi connectivity index (χ2v) is 11.0. The monoisotopic (exact) mass is 498 g/mol. The van der Waals surface area contributed by atoms with E-state index in [-0.39, 0.29) is 11.5 Å². The van der Waals surface area contributed by atoms with Crippen molar-refractivity contribution in [1.29, 1.82) is 0 Å². The topological polar surface area (TPSA) is 118 Å². The van der Waals surface area contributed by atoms with Gasteiger partial charge in [0.2, 0.25) is 0 Å². The summed E-state index contributed by atoms with van der Waals surface area (Å²) in [5, 5.41) is 0. The van der Waals surface area contributed by atoms with E-state index in [9.17, 15) is 25.9 Å². The van der Waals surface area contributed by atoms with Crippen LogP contribution in [0.4, 0.5) is 0 Å². The van der Waals surface area contributed by atoms with Crippen LogP contribution in [0.25, 0.3) is 0 Å². The van der Waals surface area contributed by atoms with Gasteiger partial charge in [0.25, 0.3) is 20.2 Å². The van der Waals surface area contributed by atoms with Crippen molar-refractivity contribution in [3.05, 3.63) is 48.0 Å². The zero-order valence-electron chi connectivity index (χ0n) is 19.1. The largest absolute Gasteiger partial charge is 0.454 e. The van der Waals surface area contributed by atoms with Crippen molar-refractivity contribution in [2.75, 3.05) is 0 Å². The SMILES string of the molecule is CCCCCCCCCCCCc1ccc(Oc2ccccc2S(=O)(=O)O)c(S(=O)(=O)O)c1. The number of para-hydroxylation sites is 1. The molecule has 0 aliphatic carbocycles. The fraction of sp³-hybridized carbons (Fsp3) is 0.500. The minimum atomic E-state index is -4.61. The lowest BCUT2D eigenvalue weighted by molar-refractivity contribution is 0.434. The van der Waals surface area contributed by atoms with Gasteiger partial charge in [-0.3, -0.25) is 9.11 Å². The second kappa shape index (κ2) is 13.1. The number of hydrogen-bond acceptors (Lipinski definition) is 5. The molecule has 0 radical (unpaired) electrons. The molecule has 7 nitrogen and oxygen atoms in total. The number of hydrogen-bond donors (Lipinski definition) is 2. The summed E-state index contributed by atoms with van der Waals surface area (Å²) in [6.07, 6.45) is 12.6. The van der Waals surface area contributed by atoms with Gasteiger partial charge in [-0.2, -0.15) is 16.8 Å². The molecule has 2 rings (SSSR count). The highest BCUT2D eigenvalue weighted by Gasteiger charge is 2.22.